The zero-order valence-corrected chi connectivity index (χ0v) is 19.7. The Hall–Kier alpha value is -2.88. The van der Waals surface area contributed by atoms with Gasteiger partial charge in [0.05, 0.1) is 21.9 Å². The number of aliphatic hydroxyl groups is 1. The fraction of sp³-hybridized carbons (Fsp3) is 0.222. The van der Waals surface area contributed by atoms with E-state index in [1.807, 2.05) is 0 Å². The van der Waals surface area contributed by atoms with Gasteiger partial charge in [-0.25, -0.2) is 21.6 Å². The summed E-state index contributed by atoms with van der Waals surface area (Å²) in [6.07, 6.45) is -4.48. The molecular weight excluding hydrogens is 527 g/mol. The summed E-state index contributed by atoms with van der Waals surface area (Å²) in [6.45, 7) is 0.245. The van der Waals surface area contributed by atoms with Crippen LogP contribution >= 0.6 is 11.6 Å². The number of hydrogen-bond acceptors (Lipinski definition) is 7. The van der Waals surface area contributed by atoms with Crippen LogP contribution in [-0.4, -0.2) is 51.8 Å². The van der Waals surface area contributed by atoms with Gasteiger partial charge in [0.15, 0.2) is 0 Å². The molecule has 34 heavy (non-hydrogen) atoms. The number of benzene rings is 2. The molecule has 2 aromatic carbocycles. The summed E-state index contributed by atoms with van der Waals surface area (Å²) in [5.41, 5.74) is -4.17. The molecule has 0 radical (unpaired) electrons. The third-order valence-corrected chi connectivity index (χ3v) is 6.42. The summed E-state index contributed by atoms with van der Waals surface area (Å²) in [7, 11) is -8.06. The summed E-state index contributed by atoms with van der Waals surface area (Å²) >= 11 is 5.89. The fourth-order valence-corrected chi connectivity index (χ4v) is 4.10. The van der Waals surface area contributed by atoms with Gasteiger partial charge in [-0.15, -0.1) is 0 Å². The number of alkyl halides is 3. The largest absolute Gasteiger partial charge is 0.426 e. The summed E-state index contributed by atoms with van der Waals surface area (Å²) in [5.74, 6) is -2.75. The molecule has 0 spiro atoms. The molecule has 0 heterocycles. The van der Waals surface area contributed by atoms with Gasteiger partial charge in [-0.3, -0.25) is 14.3 Å². The second-order valence-electron chi connectivity index (χ2n) is 7.05. The monoisotopic (exact) mass is 543 g/mol. The summed E-state index contributed by atoms with van der Waals surface area (Å²) in [4.78, 5) is 23.1. The first-order valence-corrected chi connectivity index (χ1v) is 12.6. The molecule has 0 fully saturated rings. The predicted molar refractivity (Wildman–Crippen MR) is 116 cm³/mol. The van der Waals surface area contributed by atoms with Gasteiger partial charge in [0.25, 0.3) is 21.8 Å². The van der Waals surface area contributed by atoms with Gasteiger partial charge < -0.3 is 10.4 Å². The Labute approximate surface area is 197 Å². The van der Waals surface area contributed by atoms with Crippen LogP contribution in [0.5, 0.6) is 0 Å². The van der Waals surface area contributed by atoms with E-state index in [2.05, 4.69) is 4.72 Å². The number of amides is 2. The average molecular weight is 544 g/mol. The molecule has 0 aromatic heterocycles. The Morgan fingerprint density at radius 1 is 1.00 bits per heavy atom. The van der Waals surface area contributed by atoms with Crippen molar-refractivity contribution in [3.8, 4) is 0 Å². The highest BCUT2D eigenvalue weighted by atomic mass is 35.5. The maximum atomic E-state index is 12.8. The van der Waals surface area contributed by atoms with Crippen molar-refractivity contribution in [2.75, 3.05) is 16.3 Å². The minimum absolute atomic E-state index is 0.00867. The minimum Gasteiger partial charge on any atom is -0.373 e. The second-order valence-corrected chi connectivity index (χ2v) is 10.9. The average Bonchev–Trinajstić information content (AvgIpc) is 2.67. The zero-order valence-electron chi connectivity index (χ0n) is 17.3. The van der Waals surface area contributed by atoms with Gasteiger partial charge in [0.2, 0.25) is 15.6 Å². The molecule has 0 bridgehead atoms. The van der Waals surface area contributed by atoms with Gasteiger partial charge in [-0.05, 0) is 49.4 Å². The van der Waals surface area contributed by atoms with Crippen molar-refractivity contribution in [1.29, 1.82) is 0 Å². The summed E-state index contributed by atoms with van der Waals surface area (Å²) < 4.78 is 89.6. The number of hydrogen-bond donors (Lipinski definition) is 4. The van der Waals surface area contributed by atoms with Gasteiger partial charge in [-0.2, -0.15) is 13.2 Å². The summed E-state index contributed by atoms with van der Waals surface area (Å²) in [6, 6.07) is 7.43. The molecular formula is C18H17ClF3N3O7S2. The Morgan fingerprint density at radius 2 is 1.56 bits per heavy atom. The van der Waals surface area contributed by atoms with Crippen LogP contribution in [0.3, 0.4) is 0 Å². The van der Waals surface area contributed by atoms with E-state index in [0.29, 0.717) is 0 Å². The van der Waals surface area contributed by atoms with E-state index < -0.39 is 53.6 Å². The first-order chi connectivity index (χ1) is 15.3. The molecule has 0 unspecified atom stereocenters. The van der Waals surface area contributed by atoms with Crippen LogP contribution < -0.4 is 14.8 Å². The van der Waals surface area contributed by atoms with Crippen molar-refractivity contribution in [2.45, 2.75) is 23.6 Å². The maximum absolute atomic E-state index is 12.8. The fourth-order valence-electron chi connectivity index (χ4n) is 2.27. The predicted octanol–water partition coefficient (Wildman–Crippen LogP) is 2.08. The lowest BCUT2D eigenvalue weighted by Crippen LogP contribution is -2.52. The number of anilines is 2. The van der Waals surface area contributed by atoms with E-state index in [-0.39, 0.29) is 23.9 Å². The van der Waals surface area contributed by atoms with Gasteiger partial charge in [-0.1, -0.05) is 11.6 Å². The molecule has 0 aliphatic heterocycles. The van der Waals surface area contributed by atoms with E-state index in [9.17, 15) is 44.7 Å². The maximum Gasteiger partial charge on any atom is 0.426 e. The molecule has 0 saturated carbocycles. The van der Waals surface area contributed by atoms with Crippen LogP contribution in [0, 0.1) is 0 Å². The highest BCUT2D eigenvalue weighted by Crippen LogP contribution is 2.33. The first-order valence-electron chi connectivity index (χ1n) is 8.88. The molecule has 186 valence electrons. The number of sulfonamides is 2. The Morgan fingerprint density at radius 3 is 2.03 bits per heavy atom. The first kappa shape index (κ1) is 27.4. The highest BCUT2D eigenvalue weighted by Gasteiger charge is 2.55. The number of carbonyl (C=O) groups is 2. The molecule has 16 heteroatoms. The highest BCUT2D eigenvalue weighted by molar-refractivity contribution is 7.92. The Bertz CT molecular complexity index is 1330. The molecule has 2 amide bonds. The number of carbonyl (C=O) groups excluding carboxylic acids is 2. The van der Waals surface area contributed by atoms with E-state index >= 15 is 0 Å². The second kappa shape index (κ2) is 9.40. The van der Waals surface area contributed by atoms with Crippen molar-refractivity contribution in [2.24, 2.45) is 0 Å². The van der Waals surface area contributed by atoms with Crippen molar-refractivity contribution in [3.63, 3.8) is 0 Å². The number of halogens is 4. The van der Waals surface area contributed by atoms with E-state index in [0.717, 1.165) is 36.6 Å². The molecule has 1 atom stereocenters. The quantitative estimate of drug-likeness (QED) is 0.416. The standard InChI is InChI=1S/C18H17ClF3N3O7S2/c1-17(28,18(20,21)22)16(27)23-14-8-7-12(9-13(14)19)34(31,32)24-11-5-3-10(4-6-11)15(26)25-33(2,29)30/h3-9,24,28H,1-2H3,(H,23,27)(H,25,26)/t17-/m1/s1. The molecule has 0 aliphatic rings. The van der Waals surface area contributed by atoms with E-state index in [4.69, 9.17) is 11.6 Å². The third-order valence-electron chi connectivity index (χ3n) is 4.17. The van der Waals surface area contributed by atoms with Crippen LogP contribution in [0.2, 0.25) is 5.02 Å². The lowest BCUT2D eigenvalue weighted by molar-refractivity contribution is -0.242. The van der Waals surface area contributed by atoms with Gasteiger partial charge in [0, 0.05) is 11.3 Å². The third kappa shape index (κ3) is 6.59. The van der Waals surface area contributed by atoms with Gasteiger partial charge >= 0.3 is 6.18 Å². The Balaban J connectivity index is 2.19. The topological polar surface area (TPSA) is 159 Å². The molecule has 2 aromatic rings. The van der Waals surface area contributed by atoms with E-state index in [1.165, 1.54) is 12.1 Å². The lowest BCUT2D eigenvalue weighted by Gasteiger charge is -2.25. The van der Waals surface area contributed by atoms with E-state index in [1.54, 1.807) is 10.0 Å². The van der Waals surface area contributed by atoms with Crippen molar-refractivity contribution < 1.29 is 44.7 Å². The van der Waals surface area contributed by atoms with Crippen molar-refractivity contribution in [3.05, 3.63) is 53.1 Å². The van der Waals surface area contributed by atoms with Crippen molar-refractivity contribution >= 4 is 54.8 Å². The van der Waals surface area contributed by atoms with Crippen LogP contribution in [-0.2, 0) is 24.8 Å². The SMILES string of the molecule is C[C@@](O)(C(=O)Nc1ccc(S(=O)(=O)Nc2ccc(C(=O)NS(C)(=O)=O)cc2)cc1Cl)C(F)(F)F. The van der Waals surface area contributed by atoms with Crippen LogP contribution in [0.1, 0.15) is 17.3 Å². The van der Waals surface area contributed by atoms with Crippen molar-refractivity contribution in [1.82, 2.24) is 4.72 Å². The van der Waals surface area contributed by atoms with Crippen LogP contribution in [0.25, 0.3) is 0 Å². The normalized spacial score (nSPS) is 14.1. The van der Waals surface area contributed by atoms with Gasteiger partial charge in [0.1, 0.15) is 0 Å². The lowest BCUT2D eigenvalue weighted by atomic mass is 10.1. The molecule has 10 nitrogen and oxygen atoms in total. The Kier molecular flexibility index (Phi) is 7.57. The number of nitrogens with one attached hydrogen (secondary N) is 3. The van der Waals surface area contributed by atoms with Crippen LogP contribution in [0.4, 0.5) is 24.5 Å². The molecule has 0 aliphatic carbocycles. The molecule has 4 N–H and O–H groups in total. The van der Waals surface area contributed by atoms with Crippen LogP contribution in [0.15, 0.2) is 47.4 Å². The smallest absolute Gasteiger partial charge is 0.373 e. The number of rotatable bonds is 7. The molecule has 2 rings (SSSR count). The minimum atomic E-state index is -5.27. The molecule has 0 saturated heterocycles. The summed E-state index contributed by atoms with van der Waals surface area (Å²) in [5, 5.41) is 10.7. The zero-order chi connectivity index (χ0) is 26.1.